The van der Waals surface area contributed by atoms with Gasteiger partial charge in [-0.2, -0.15) is 0 Å². The van der Waals surface area contributed by atoms with Gasteiger partial charge in [0, 0.05) is 13.1 Å². The predicted octanol–water partition coefficient (Wildman–Crippen LogP) is 1.58. The first-order chi connectivity index (χ1) is 9.08. The van der Waals surface area contributed by atoms with Crippen molar-refractivity contribution in [3.8, 4) is 0 Å². The second kappa shape index (κ2) is 8.20. The van der Waals surface area contributed by atoms with E-state index >= 15 is 0 Å². The number of nitrogens with zero attached hydrogens (tertiary/aromatic N) is 2. The van der Waals surface area contributed by atoms with E-state index in [0.717, 1.165) is 45.6 Å². The molecular formula is C15H30ClN3O. The number of nitrogens with two attached hydrogens (primary N) is 1. The standard InChI is InChI=1S/C15H29N3O.ClH/c1-12-7-13(2)10-18(9-12)15(19)11-17-5-3-14(8-16)4-6-17;/h12-14H,3-11,16H2,1-2H3;1H. The minimum atomic E-state index is 0. The lowest BCUT2D eigenvalue weighted by Gasteiger charge is -2.37. The zero-order valence-corrected chi connectivity index (χ0v) is 13.7. The fourth-order valence-corrected chi connectivity index (χ4v) is 3.54. The molecule has 20 heavy (non-hydrogen) atoms. The first-order valence-corrected chi connectivity index (χ1v) is 7.78. The lowest BCUT2D eigenvalue weighted by Crippen LogP contribution is -2.48. The lowest BCUT2D eigenvalue weighted by molar-refractivity contribution is -0.135. The van der Waals surface area contributed by atoms with Gasteiger partial charge in [0.05, 0.1) is 6.54 Å². The molecule has 0 bridgehead atoms. The third kappa shape index (κ3) is 4.90. The highest BCUT2D eigenvalue weighted by Crippen LogP contribution is 2.21. The largest absolute Gasteiger partial charge is 0.341 e. The average molecular weight is 304 g/mol. The van der Waals surface area contributed by atoms with Crippen molar-refractivity contribution in [3.63, 3.8) is 0 Å². The first kappa shape index (κ1) is 17.7. The molecule has 0 aromatic carbocycles. The smallest absolute Gasteiger partial charge is 0.236 e. The van der Waals surface area contributed by atoms with Crippen LogP contribution in [0.5, 0.6) is 0 Å². The van der Waals surface area contributed by atoms with Gasteiger partial charge in [-0.3, -0.25) is 9.69 Å². The maximum atomic E-state index is 12.4. The highest BCUT2D eigenvalue weighted by molar-refractivity contribution is 5.85. The average Bonchev–Trinajstić information content (AvgIpc) is 2.38. The van der Waals surface area contributed by atoms with Gasteiger partial charge in [0.15, 0.2) is 0 Å². The van der Waals surface area contributed by atoms with Gasteiger partial charge < -0.3 is 10.6 Å². The molecule has 2 aliphatic heterocycles. The number of hydrogen-bond acceptors (Lipinski definition) is 3. The summed E-state index contributed by atoms with van der Waals surface area (Å²) in [5.41, 5.74) is 5.70. The Morgan fingerprint density at radius 3 is 2.20 bits per heavy atom. The minimum Gasteiger partial charge on any atom is -0.341 e. The summed E-state index contributed by atoms with van der Waals surface area (Å²) in [6, 6.07) is 0. The van der Waals surface area contributed by atoms with Gasteiger partial charge >= 0.3 is 0 Å². The molecule has 2 unspecified atom stereocenters. The molecule has 2 fully saturated rings. The SMILES string of the molecule is CC1CC(C)CN(C(=O)CN2CCC(CN)CC2)C1.Cl. The zero-order valence-electron chi connectivity index (χ0n) is 12.9. The number of likely N-dealkylation sites (tertiary alicyclic amines) is 2. The fraction of sp³-hybridized carbons (Fsp3) is 0.933. The monoisotopic (exact) mass is 303 g/mol. The number of carbonyl (C=O) groups excluding carboxylic acids is 1. The predicted molar refractivity (Wildman–Crippen MR) is 85.0 cm³/mol. The second-order valence-corrected chi connectivity index (χ2v) is 6.70. The van der Waals surface area contributed by atoms with E-state index in [-0.39, 0.29) is 12.4 Å². The molecule has 118 valence electrons. The molecule has 2 rings (SSSR count). The van der Waals surface area contributed by atoms with Gasteiger partial charge in [-0.25, -0.2) is 0 Å². The molecule has 2 aliphatic rings. The third-order valence-corrected chi connectivity index (χ3v) is 4.62. The van der Waals surface area contributed by atoms with Gasteiger partial charge in [0.25, 0.3) is 0 Å². The molecule has 0 saturated carbocycles. The van der Waals surface area contributed by atoms with E-state index in [2.05, 4.69) is 23.6 Å². The molecule has 0 aliphatic carbocycles. The van der Waals surface area contributed by atoms with Crippen LogP contribution >= 0.6 is 12.4 Å². The highest BCUT2D eigenvalue weighted by atomic mass is 35.5. The van der Waals surface area contributed by atoms with Crippen LogP contribution in [0.25, 0.3) is 0 Å². The van der Waals surface area contributed by atoms with Gasteiger partial charge in [-0.1, -0.05) is 13.8 Å². The van der Waals surface area contributed by atoms with Crippen LogP contribution < -0.4 is 5.73 Å². The maximum absolute atomic E-state index is 12.4. The lowest BCUT2D eigenvalue weighted by atomic mass is 9.92. The van der Waals surface area contributed by atoms with Gasteiger partial charge in [-0.15, -0.1) is 12.4 Å². The summed E-state index contributed by atoms with van der Waals surface area (Å²) in [6.07, 6.45) is 3.55. The minimum absolute atomic E-state index is 0. The number of hydrogen-bond donors (Lipinski definition) is 1. The summed E-state index contributed by atoms with van der Waals surface area (Å²) in [6.45, 7) is 9.87. The summed E-state index contributed by atoms with van der Waals surface area (Å²) in [7, 11) is 0. The van der Waals surface area contributed by atoms with Crippen LogP contribution in [0, 0.1) is 17.8 Å². The molecular weight excluding hydrogens is 274 g/mol. The fourth-order valence-electron chi connectivity index (χ4n) is 3.54. The molecule has 4 nitrogen and oxygen atoms in total. The van der Waals surface area contributed by atoms with E-state index in [9.17, 15) is 4.79 Å². The highest BCUT2D eigenvalue weighted by Gasteiger charge is 2.27. The van der Waals surface area contributed by atoms with E-state index in [1.165, 1.54) is 6.42 Å². The van der Waals surface area contributed by atoms with Gasteiger partial charge in [0.2, 0.25) is 5.91 Å². The van der Waals surface area contributed by atoms with Crippen molar-refractivity contribution in [1.29, 1.82) is 0 Å². The van der Waals surface area contributed by atoms with E-state index in [1.54, 1.807) is 0 Å². The summed E-state index contributed by atoms with van der Waals surface area (Å²) >= 11 is 0. The molecule has 2 atom stereocenters. The molecule has 0 radical (unpaired) electrons. The van der Waals surface area contributed by atoms with Gasteiger partial charge in [0.1, 0.15) is 0 Å². The number of amides is 1. The summed E-state index contributed by atoms with van der Waals surface area (Å²) < 4.78 is 0. The zero-order chi connectivity index (χ0) is 13.8. The summed E-state index contributed by atoms with van der Waals surface area (Å²) in [4.78, 5) is 16.7. The Morgan fingerprint density at radius 2 is 1.70 bits per heavy atom. The Bertz CT molecular complexity index is 295. The number of halogens is 1. The number of carbonyl (C=O) groups is 1. The van der Waals surface area contributed by atoms with Crippen molar-refractivity contribution in [1.82, 2.24) is 9.80 Å². The Hall–Kier alpha value is -0.320. The van der Waals surface area contributed by atoms with Crippen LogP contribution in [0.2, 0.25) is 0 Å². The Balaban J connectivity index is 0.00000200. The third-order valence-electron chi connectivity index (χ3n) is 4.62. The van der Waals surface area contributed by atoms with E-state index in [4.69, 9.17) is 5.73 Å². The molecule has 2 heterocycles. The molecule has 2 N–H and O–H groups in total. The number of piperidine rings is 2. The summed E-state index contributed by atoms with van der Waals surface area (Å²) in [5, 5.41) is 0. The topological polar surface area (TPSA) is 49.6 Å². The van der Waals surface area contributed by atoms with Crippen LogP contribution in [0.4, 0.5) is 0 Å². The van der Waals surface area contributed by atoms with Crippen molar-refractivity contribution in [2.75, 3.05) is 39.3 Å². The molecule has 0 aromatic rings. The van der Waals surface area contributed by atoms with Crippen molar-refractivity contribution in [3.05, 3.63) is 0 Å². The quantitative estimate of drug-likeness (QED) is 0.861. The van der Waals surface area contributed by atoms with Crippen LogP contribution in [-0.2, 0) is 4.79 Å². The van der Waals surface area contributed by atoms with Crippen LogP contribution in [0.3, 0.4) is 0 Å². The maximum Gasteiger partial charge on any atom is 0.236 e. The van der Waals surface area contributed by atoms with Crippen LogP contribution in [0.15, 0.2) is 0 Å². The van der Waals surface area contributed by atoms with Crippen molar-refractivity contribution < 1.29 is 4.79 Å². The molecule has 0 aromatic heterocycles. The van der Waals surface area contributed by atoms with E-state index in [0.29, 0.717) is 30.2 Å². The molecule has 2 saturated heterocycles. The van der Waals surface area contributed by atoms with E-state index < -0.39 is 0 Å². The Kier molecular flexibility index (Phi) is 7.27. The summed E-state index contributed by atoms with van der Waals surface area (Å²) in [5.74, 6) is 2.29. The molecule has 0 spiro atoms. The van der Waals surface area contributed by atoms with Crippen LogP contribution in [0.1, 0.15) is 33.1 Å². The Labute approximate surface area is 129 Å². The van der Waals surface area contributed by atoms with Gasteiger partial charge in [-0.05, 0) is 56.7 Å². The number of rotatable bonds is 3. The van der Waals surface area contributed by atoms with Crippen molar-refractivity contribution in [2.24, 2.45) is 23.5 Å². The Morgan fingerprint density at radius 1 is 1.15 bits per heavy atom. The molecule has 5 heteroatoms. The van der Waals surface area contributed by atoms with Crippen molar-refractivity contribution >= 4 is 18.3 Å². The second-order valence-electron chi connectivity index (χ2n) is 6.70. The first-order valence-electron chi connectivity index (χ1n) is 7.78. The van der Waals surface area contributed by atoms with Crippen LogP contribution in [-0.4, -0.2) is 55.0 Å². The van der Waals surface area contributed by atoms with E-state index in [1.807, 2.05) is 0 Å². The normalized spacial score (nSPS) is 29.1. The molecule has 1 amide bonds. The van der Waals surface area contributed by atoms with Crippen molar-refractivity contribution in [2.45, 2.75) is 33.1 Å².